The van der Waals surface area contributed by atoms with Gasteiger partial charge in [0.2, 0.25) is 5.91 Å². The molecular weight excluding hydrogens is 486 g/mol. The van der Waals surface area contributed by atoms with Gasteiger partial charge in [0.05, 0.1) is 17.9 Å². The molecule has 0 aliphatic carbocycles. The highest BCUT2D eigenvalue weighted by molar-refractivity contribution is 7.85. The average molecular weight is 538 g/mol. The molecule has 37 heavy (non-hydrogen) atoms. The summed E-state index contributed by atoms with van der Waals surface area (Å²) in [6.45, 7) is 4.23. The van der Waals surface area contributed by atoms with Crippen molar-refractivity contribution in [2.75, 3.05) is 5.75 Å². The van der Waals surface area contributed by atoms with Crippen LogP contribution in [-0.4, -0.2) is 41.9 Å². The molecule has 0 saturated heterocycles. The molecule has 2 atom stereocenters. The molecule has 0 saturated carbocycles. The smallest absolute Gasteiger partial charge is 0.267 e. The second kappa shape index (κ2) is 24.4. The highest BCUT2D eigenvalue weighted by Crippen LogP contribution is 2.08. The fraction of sp³-hybridized carbons (Fsp3) is 0.633. The quantitative estimate of drug-likeness (QED) is 0.0739. The highest BCUT2D eigenvalue weighted by Gasteiger charge is 2.24. The molecule has 0 heterocycles. The number of unbranched alkanes of at least 4 members (excludes halogenated alkanes) is 7. The number of hydrogen-bond donors (Lipinski definition) is 3. The zero-order chi connectivity index (χ0) is 27.6. The Morgan fingerprint density at radius 1 is 0.757 bits per heavy atom. The van der Waals surface area contributed by atoms with Crippen LogP contribution in [-0.2, 0) is 14.9 Å². The van der Waals surface area contributed by atoms with Crippen molar-refractivity contribution in [3.8, 4) is 0 Å². The summed E-state index contributed by atoms with van der Waals surface area (Å²) in [6, 6.07) is -1.07. The van der Waals surface area contributed by atoms with Gasteiger partial charge in [0, 0.05) is 6.42 Å². The molecule has 2 unspecified atom stereocenters. The Hall–Kier alpha value is -1.96. The third kappa shape index (κ3) is 25.5. The van der Waals surface area contributed by atoms with Crippen LogP contribution in [0.4, 0.5) is 0 Å². The lowest BCUT2D eigenvalue weighted by molar-refractivity contribution is -0.122. The van der Waals surface area contributed by atoms with Gasteiger partial charge in [-0.15, -0.1) is 0 Å². The Balaban J connectivity index is 4.06. The van der Waals surface area contributed by atoms with Gasteiger partial charge >= 0.3 is 0 Å². The molecule has 7 heteroatoms. The van der Waals surface area contributed by atoms with E-state index < -0.39 is 28.0 Å². The maximum Gasteiger partial charge on any atom is 0.267 e. The van der Waals surface area contributed by atoms with E-state index in [1.807, 2.05) is 0 Å². The molecule has 0 aromatic rings. The normalized spacial score (nSPS) is 14.6. The van der Waals surface area contributed by atoms with Crippen LogP contribution in [0.25, 0.3) is 0 Å². The van der Waals surface area contributed by atoms with E-state index in [9.17, 15) is 22.9 Å². The topological polar surface area (TPSA) is 104 Å². The molecule has 3 N–H and O–H groups in total. The van der Waals surface area contributed by atoms with Crippen LogP contribution in [0.3, 0.4) is 0 Å². The number of aliphatic hydroxyl groups excluding tert-OH is 1. The first-order chi connectivity index (χ1) is 17.8. The number of hydrogen-bond acceptors (Lipinski definition) is 4. The lowest BCUT2D eigenvalue weighted by Crippen LogP contribution is -2.46. The third-order valence-electron chi connectivity index (χ3n) is 5.70. The Morgan fingerprint density at radius 3 is 1.89 bits per heavy atom. The van der Waals surface area contributed by atoms with Crippen molar-refractivity contribution in [2.45, 2.75) is 116 Å². The summed E-state index contributed by atoms with van der Waals surface area (Å²) < 4.78 is 31.8. The summed E-state index contributed by atoms with van der Waals surface area (Å²) in [7, 11) is -4.33. The standard InChI is InChI=1S/C30H51NO5S/c1-3-5-7-9-10-11-12-13-14-15-16-17-18-19-20-22-24-26-30(33)31-28(27-37(34,35)36)29(32)25-23-21-8-6-4-2/h5,7,10-11,13-14,16-17,23,25,28-29,32H,3-4,6,8-9,12,15,18-22,24,26-27H2,1-2H3,(H,31,33)(H,34,35,36)/b7-5-,11-10-,14-13-,17-16-,25-23+. The molecule has 0 fully saturated rings. The SMILES string of the molecule is CC/C=C\C/C=C\C/C=C\C/C=C\CCCCCCC(=O)NC(CS(=O)(=O)O)C(O)/C=C/CCCCC. The first kappa shape index (κ1) is 35.0. The zero-order valence-corrected chi connectivity index (χ0v) is 23.9. The van der Waals surface area contributed by atoms with E-state index in [4.69, 9.17) is 0 Å². The van der Waals surface area contributed by atoms with Crippen molar-refractivity contribution in [3.05, 3.63) is 60.8 Å². The van der Waals surface area contributed by atoms with Crippen LogP contribution in [0, 0.1) is 0 Å². The number of carbonyl (C=O) groups excluding carboxylic acids is 1. The highest BCUT2D eigenvalue weighted by atomic mass is 32.2. The maximum absolute atomic E-state index is 12.3. The summed E-state index contributed by atoms with van der Waals surface area (Å²) in [6.07, 6.45) is 32.4. The van der Waals surface area contributed by atoms with Gasteiger partial charge in [-0.1, -0.05) is 100 Å². The summed E-state index contributed by atoms with van der Waals surface area (Å²) in [5.74, 6) is -1.03. The van der Waals surface area contributed by atoms with Crippen LogP contribution < -0.4 is 5.32 Å². The fourth-order valence-electron chi connectivity index (χ4n) is 3.61. The monoisotopic (exact) mass is 537 g/mol. The molecule has 0 bridgehead atoms. The summed E-state index contributed by atoms with van der Waals surface area (Å²) in [4.78, 5) is 12.3. The molecule has 0 aliphatic rings. The predicted molar refractivity (Wildman–Crippen MR) is 156 cm³/mol. The van der Waals surface area contributed by atoms with E-state index in [1.165, 1.54) is 6.08 Å². The van der Waals surface area contributed by atoms with Gasteiger partial charge in [0.1, 0.15) is 0 Å². The van der Waals surface area contributed by atoms with Crippen molar-refractivity contribution in [1.29, 1.82) is 0 Å². The second-order valence-corrected chi connectivity index (χ2v) is 10.8. The van der Waals surface area contributed by atoms with E-state index in [0.717, 1.165) is 77.0 Å². The Kier molecular flexibility index (Phi) is 23.1. The summed E-state index contributed by atoms with van der Waals surface area (Å²) in [5, 5.41) is 12.9. The lowest BCUT2D eigenvalue weighted by Gasteiger charge is -2.21. The van der Waals surface area contributed by atoms with Crippen LogP contribution in [0.15, 0.2) is 60.8 Å². The van der Waals surface area contributed by atoms with Crippen LogP contribution in [0.2, 0.25) is 0 Å². The molecule has 0 aromatic carbocycles. The van der Waals surface area contributed by atoms with E-state index in [0.29, 0.717) is 6.42 Å². The Labute approximate surface area is 226 Å². The lowest BCUT2D eigenvalue weighted by atomic mass is 10.1. The van der Waals surface area contributed by atoms with Crippen molar-refractivity contribution in [2.24, 2.45) is 0 Å². The maximum atomic E-state index is 12.3. The number of aliphatic hydroxyl groups is 1. The van der Waals surface area contributed by atoms with Crippen molar-refractivity contribution < 1.29 is 22.9 Å². The average Bonchev–Trinajstić information content (AvgIpc) is 2.84. The van der Waals surface area contributed by atoms with Gasteiger partial charge in [0.25, 0.3) is 10.1 Å². The molecular formula is C30H51NO5S. The molecule has 0 spiro atoms. The van der Waals surface area contributed by atoms with Crippen LogP contribution in [0.5, 0.6) is 0 Å². The van der Waals surface area contributed by atoms with E-state index in [2.05, 4.69) is 67.8 Å². The number of amides is 1. The minimum absolute atomic E-state index is 0.263. The largest absolute Gasteiger partial charge is 0.387 e. The van der Waals surface area contributed by atoms with Gasteiger partial charge in [-0.05, 0) is 57.8 Å². The van der Waals surface area contributed by atoms with Crippen LogP contribution in [0.1, 0.15) is 104 Å². The summed E-state index contributed by atoms with van der Waals surface area (Å²) in [5.41, 5.74) is 0. The molecule has 212 valence electrons. The molecule has 0 aromatic heterocycles. The summed E-state index contributed by atoms with van der Waals surface area (Å²) >= 11 is 0. The van der Waals surface area contributed by atoms with Gasteiger partial charge in [-0.3, -0.25) is 9.35 Å². The minimum Gasteiger partial charge on any atom is -0.387 e. The predicted octanol–water partition coefficient (Wildman–Crippen LogP) is 7.00. The molecule has 0 rings (SSSR count). The van der Waals surface area contributed by atoms with Crippen molar-refractivity contribution in [3.63, 3.8) is 0 Å². The number of carbonyl (C=O) groups is 1. The Morgan fingerprint density at radius 2 is 1.30 bits per heavy atom. The minimum atomic E-state index is -4.33. The molecule has 1 amide bonds. The van der Waals surface area contributed by atoms with Gasteiger partial charge in [-0.25, -0.2) is 0 Å². The first-order valence-electron chi connectivity index (χ1n) is 14.0. The first-order valence-corrected chi connectivity index (χ1v) is 15.6. The van der Waals surface area contributed by atoms with Gasteiger partial charge in [0.15, 0.2) is 0 Å². The Bertz CT molecular complexity index is 812. The number of rotatable bonds is 23. The van der Waals surface area contributed by atoms with E-state index >= 15 is 0 Å². The van der Waals surface area contributed by atoms with E-state index in [1.54, 1.807) is 6.08 Å². The number of nitrogens with one attached hydrogen (secondary N) is 1. The van der Waals surface area contributed by atoms with Gasteiger partial charge in [-0.2, -0.15) is 8.42 Å². The number of allylic oxidation sites excluding steroid dienone is 9. The van der Waals surface area contributed by atoms with Crippen molar-refractivity contribution in [1.82, 2.24) is 5.32 Å². The van der Waals surface area contributed by atoms with E-state index in [-0.39, 0.29) is 12.3 Å². The van der Waals surface area contributed by atoms with Crippen molar-refractivity contribution >= 4 is 16.0 Å². The van der Waals surface area contributed by atoms with Gasteiger partial charge < -0.3 is 10.4 Å². The molecule has 6 nitrogen and oxygen atoms in total. The second-order valence-electron chi connectivity index (χ2n) is 9.29. The fourth-order valence-corrected chi connectivity index (χ4v) is 4.35. The van der Waals surface area contributed by atoms with Crippen LogP contribution >= 0.6 is 0 Å². The zero-order valence-electron chi connectivity index (χ0n) is 23.1. The molecule has 0 radical (unpaired) electrons. The third-order valence-corrected chi connectivity index (χ3v) is 6.48. The molecule has 0 aliphatic heterocycles.